The van der Waals surface area contributed by atoms with Gasteiger partial charge < -0.3 is 14.9 Å². The van der Waals surface area contributed by atoms with Gasteiger partial charge in [-0.05, 0) is 42.7 Å². The van der Waals surface area contributed by atoms with E-state index in [-0.39, 0.29) is 30.5 Å². The first-order valence-electron chi connectivity index (χ1n) is 9.84. The molecule has 3 rings (SSSR count). The largest absolute Gasteiger partial charge is 0.503 e. The van der Waals surface area contributed by atoms with Gasteiger partial charge in [0.15, 0.2) is 11.5 Å². The smallest absolute Gasteiger partial charge is 0.294 e. The number of hydrogen-bond donors (Lipinski definition) is 2. The monoisotopic (exact) mass is 442 g/mol. The number of nitrogens with zero attached hydrogens (tertiary/aromatic N) is 2. The number of aromatic nitrogens is 1. The lowest BCUT2D eigenvalue weighted by atomic mass is 9.82. The average molecular weight is 443 g/mol. The Morgan fingerprint density at radius 2 is 1.90 bits per heavy atom. The van der Waals surface area contributed by atoms with E-state index in [9.17, 15) is 19.8 Å². The number of amides is 1. The highest BCUT2D eigenvalue weighted by Gasteiger charge is 2.47. The summed E-state index contributed by atoms with van der Waals surface area (Å²) in [6, 6.07) is 9.76. The predicted octanol–water partition coefficient (Wildman–Crippen LogP) is 3.69. The number of benzene rings is 1. The van der Waals surface area contributed by atoms with Crippen molar-refractivity contribution in [2.45, 2.75) is 31.7 Å². The van der Waals surface area contributed by atoms with Gasteiger partial charge in [-0.3, -0.25) is 14.5 Å². The highest BCUT2D eigenvalue weighted by Crippen LogP contribution is 2.45. The van der Waals surface area contributed by atoms with Crippen molar-refractivity contribution < 1.29 is 24.5 Å². The van der Waals surface area contributed by atoms with Crippen molar-refractivity contribution in [3.63, 3.8) is 0 Å². The minimum Gasteiger partial charge on any atom is -0.503 e. The molecule has 1 aliphatic heterocycles. The molecule has 164 valence electrons. The zero-order valence-electron chi connectivity index (χ0n) is 18.0. The Kier molecular flexibility index (Phi) is 6.71. The van der Waals surface area contributed by atoms with Gasteiger partial charge in [-0.1, -0.05) is 20.8 Å². The van der Waals surface area contributed by atoms with E-state index in [0.29, 0.717) is 11.3 Å². The Balaban J connectivity index is 2.20. The van der Waals surface area contributed by atoms with Crippen LogP contribution in [0.4, 0.5) is 5.69 Å². The number of Topliss-reactive ketones (excluding diaryl/α,β-unsaturated/α-hetero) is 1. The van der Waals surface area contributed by atoms with Crippen molar-refractivity contribution in [1.29, 1.82) is 0 Å². The maximum absolute atomic E-state index is 13.3. The standard InChI is InChI=1S/C23H26N2O5S/c1-23(2,3)20(28)17-18(16-6-5-11-24-21(16)30-13-12-26)25(22(29)19(17)27)14-7-9-15(31-4)10-8-14/h5-11,18,26-27H,12-13H2,1-4H3. The van der Waals surface area contributed by atoms with Crippen LogP contribution < -0.4 is 9.64 Å². The number of pyridine rings is 1. The van der Waals surface area contributed by atoms with E-state index in [1.165, 1.54) is 11.1 Å². The fraction of sp³-hybridized carbons (Fsp3) is 0.348. The lowest BCUT2D eigenvalue weighted by Crippen LogP contribution is -2.33. The summed E-state index contributed by atoms with van der Waals surface area (Å²) in [7, 11) is 0. The molecule has 1 unspecified atom stereocenters. The van der Waals surface area contributed by atoms with E-state index < -0.39 is 23.1 Å². The zero-order valence-corrected chi connectivity index (χ0v) is 18.8. The van der Waals surface area contributed by atoms with Gasteiger partial charge in [0.05, 0.1) is 12.2 Å². The second kappa shape index (κ2) is 9.11. The number of thioether (sulfide) groups is 1. The molecule has 0 saturated carbocycles. The molecule has 0 spiro atoms. The Bertz CT molecular complexity index is 1010. The van der Waals surface area contributed by atoms with Crippen LogP contribution >= 0.6 is 11.8 Å². The minimum absolute atomic E-state index is 0.00530. The third kappa shape index (κ3) is 4.45. The first kappa shape index (κ1) is 22.8. The molecule has 7 nitrogen and oxygen atoms in total. The molecule has 0 aliphatic carbocycles. The third-order valence-electron chi connectivity index (χ3n) is 4.91. The second-order valence-electron chi connectivity index (χ2n) is 8.09. The van der Waals surface area contributed by atoms with Crippen LogP contribution in [0.5, 0.6) is 5.88 Å². The summed E-state index contributed by atoms with van der Waals surface area (Å²) >= 11 is 1.57. The van der Waals surface area contributed by atoms with Gasteiger partial charge in [0.25, 0.3) is 5.91 Å². The van der Waals surface area contributed by atoms with E-state index in [2.05, 4.69) is 4.98 Å². The van der Waals surface area contributed by atoms with Crippen molar-refractivity contribution in [1.82, 2.24) is 4.98 Å². The van der Waals surface area contributed by atoms with Crippen LogP contribution in [0.2, 0.25) is 0 Å². The molecule has 2 N–H and O–H groups in total. The Morgan fingerprint density at radius 3 is 2.48 bits per heavy atom. The van der Waals surface area contributed by atoms with Crippen LogP contribution in [0.15, 0.2) is 58.8 Å². The molecule has 0 bridgehead atoms. The van der Waals surface area contributed by atoms with E-state index >= 15 is 0 Å². The van der Waals surface area contributed by atoms with E-state index in [4.69, 9.17) is 4.74 Å². The number of carbonyl (C=O) groups excluding carboxylic acids is 2. The number of ether oxygens (including phenoxy) is 1. The van der Waals surface area contributed by atoms with Gasteiger partial charge in [-0.15, -0.1) is 11.8 Å². The number of ketones is 1. The molecular weight excluding hydrogens is 416 g/mol. The van der Waals surface area contributed by atoms with Gasteiger partial charge >= 0.3 is 0 Å². The molecule has 1 aliphatic rings. The Hall–Kier alpha value is -2.84. The second-order valence-corrected chi connectivity index (χ2v) is 8.97. The van der Waals surface area contributed by atoms with Gasteiger partial charge in [-0.25, -0.2) is 4.98 Å². The van der Waals surface area contributed by atoms with E-state index in [0.717, 1.165) is 4.90 Å². The van der Waals surface area contributed by atoms with Crippen LogP contribution in [-0.2, 0) is 9.59 Å². The quantitative estimate of drug-likeness (QED) is 0.631. The van der Waals surface area contributed by atoms with E-state index in [1.54, 1.807) is 56.8 Å². The number of aliphatic hydroxyl groups is 2. The normalized spacial score (nSPS) is 16.7. The van der Waals surface area contributed by atoms with Crippen LogP contribution in [-0.4, -0.2) is 46.4 Å². The SMILES string of the molecule is CSc1ccc(N2C(=O)C(O)=C(C(=O)C(C)(C)C)C2c2cccnc2OCCO)cc1. The van der Waals surface area contributed by atoms with Crippen LogP contribution in [0.3, 0.4) is 0 Å². The third-order valence-corrected chi connectivity index (χ3v) is 5.65. The molecule has 1 atom stereocenters. The molecule has 8 heteroatoms. The van der Waals surface area contributed by atoms with Crippen LogP contribution in [0, 0.1) is 5.41 Å². The molecule has 0 fully saturated rings. The van der Waals surface area contributed by atoms with Gasteiger partial charge in [-0.2, -0.15) is 0 Å². The van der Waals surface area contributed by atoms with Crippen molar-refractivity contribution in [3.05, 3.63) is 59.5 Å². The number of anilines is 1. The summed E-state index contributed by atoms with van der Waals surface area (Å²) in [5, 5.41) is 20.0. The average Bonchev–Trinajstić information content (AvgIpc) is 3.01. The number of hydrogen-bond acceptors (Lipinski definition) is 7. The molecule has 0 saturated heterocycles. The maximum Gasteiger partial charge on any atom is 0.294 e. The minimum atomic E-state index is -0.915. The summed E-state index contributed by atoms with van der Waals surface area (Å²) < 4.78 is 5.59. The van der Waals surface area contributed by atoms with Crippen molar-refractivity contribution in [3.8, 4) is 5.88 Å². The van der Waals surface area contributed by atoms with Crippen molar-refractivity contribution in [2.75, 3.05) is 24.4 Å². The topological polar surface area (TPSA) is 100.0 Å². The predicted molar refractivity (Wildman–Crippen MR) is 119 cm³/mol. The van der Waals surface area contributed by atoms with Crippen LogP contribution in [0.25, 0.3) is 0 Å². The maximum atomic E-state index is 13.3. The highest BCUT2D eigenvalue weighted by atomic mass is 32.2. The summed E-state index contributed by atoms with van der Waals surface area (Å²) in [5.74, 6) is -1.39. The fourth-order valence-electron chi connectivity index (χ4n) is 3.42. The summed E-state index contributed by atoms with van der Waals surface area (Å²) in [5.41, 5.74) is 0.172. The van der Waals surface area contributed by atoms with Crippen molar-refractivity contribution in [2.24, 2.45) is 5.41 Å². The lowest BCUT2D eigenvalue weighted by molar-refractivity contribution is -0.123. The first-order valence-corrected chi connectivity index (χ1v) is 11.1. The lowest BCUT2D eigenvalue weighted by Gasteiger charge is -2.29. The van der Waals surface area contributed by atoms with Gasteiger partial charge in [0, 0.05) is 27.8 Å². The van der Waals surface area contributed by atoms with Crippen molar-refractivity contribution >= 4 is 29.1 Å². The number of carbonyl (C=O) groups is 2. The molecule has 2 heterocycles. The molecule has 0 radical (unpaired) electrons. The summed E-state index contributed by atoms with van der Waals surface area (Å²) in [6.07, 6.45) is 3.48. The first-order chi connectivity index (χ1) is 14.7. The molecule has 31 heavy (non-hydrogen) atoms. The fourth-order valence-corrected chi connectivity index (χ4v) is 3.83. The molecule has 1 amide bonds. The number of aliphatic hydroxyl groups excluding tert-OH is 2. The molecule has 1 aromatic heterocycles. The Labute approximate surface area is 185 Å². The number of rotatable bonds is 7. The summed E-state index contributed by atoms with van der Waals surface area (Å²) in [6.45, 7) is 5.00. The summed E-state index contributed by atoms with van der Waals surface area (Å²) in [4.78, 5) is 33.1. The highest BCUT2D eigenvalue weighted by molar-refractivity contribution is 7.98. The van der Waals surface area contributed by atoms with Gasteiger partial charge in [0.1, 0.15) is 12.6 Å². The van der Waals surface area contributed by atoms with Gasteiger partial charge in [0.2, 0.25) is 5.88 Å². The molecular formula is C23H26N2O5S. The van der Waals surface area contributed by atoms with E-state index in [1.807, 2.05) is 18.4 Å². The molecule has 1 aromatic carbocycles. The zero-order chi connectivity index (χ0) is 22.8. The van der Waals surface area contributed by atoms with Crippen LogP contribution in [0.1, 0.15) is 32.4 Å². The Morgan fingerprint density at radius 1 is 1.23 bits per heavy atom. The molecule has 2 aromatic rings.